The summed E-state index contributed by atoms with van der Waals surface area (Å²) in [5, 5.41) is 14.5. The Morgan fingerprint density at radius 1 is 1.57 bits per heavy atom. The molecule has 0 unspecified atom stereocenters. The van der Waals surface area contributed by atoms with Crippen LogP contribution in [0.4, 0.5) is 5.82 Å². The number of aromatic nitrogens is 2. The fourth-order valence-electron chi connectivity index (χ4n) is 0.688. The molecule has 0 amide bonds. The van der Waals surface area contributed by atoms with Gasteiger partial charge in [0.25, 0.3) is 0 Å². The lowest BCUT2D eigenvalue weighted by Crippen LogP contribution is -2.10. The van der Waals surface area contributed by atoms with Gasteiger partial charge in [-0.3, -0.25) is 0 Å². The summed E-state index contributed by atoms with van der Waals surface area (Å²) in [4.78, 5) is 17.7. The van der Waals surface area contributed by atoms with Crippen LogP contribution in [0.3, 0.4) is 0 Å². The largest absolute Gasteiger partial charge is 0.410 e. The molecule has 1 heterocycles. The second kappa shape index (κ2) is 4.47. The highest BCUT2D eigenvalue weighted by Crippen LogP contribution is 2.08. The van der Waals surface area contributed by atoms with Crippen LogP contribution in [0.25, 0.3) is 0 Å². The van der Waals surface area contributed by atoms with Crippen molar-refractivity contribution in [2.24, 2.45) is 10.4 Å². The third kappa shape index (κ3) is 2.13. The van der Waals surface area contributed by atoms with E-state index >= 15 is 0 Å². The molecule has 0 fully saturated rings. The van der Waals surface area contributed by atoms with E-state index < -0.39 is 0 Å². The monoisotopic (exact) mass is 215 g/mol. The van der Waals surface area contributed by atoms with E-state index in [2.05, 4.69) is 20.4 Å². The van der Waals surface area contributed by atoms with Gasteiger partial charge >= 0.3 is 0 Å². The third-order valence-corrected chi connectivity index (χ3v) is 1.66. The van der Waals surface area contributed by atoms with E-state index in [0.717, 1.165) is 5.01 Å². The van der Waals surface area contributed by atoms with Crippen molar-refractivity contribution in [3.63, 3.8) is 0 Å². The fraction of sp³-hybridized carbons (Fsp3) is 0.167. The standard InChI is InChI=1S/C6H6ClN5O2/c1-12(11-14)5-3-8-4(2-9-5)6(7)10-13/h2-3,13H,1H3/b10-6-. The van der Waals surface area contributed by atoms with Gasteiger partial charge in [-0.15, -0.1) is 4.91 Å². The number of oxime groups is 1. The van der Waals surface area contributed by atoms with Crippen LogP contribution in [0.15, 0.2) is 22.8 Å². The SMILES string of the molecule is CN(N=O)c1cnc(/C(Cl)=N/O)cn1. The quantitative estimate of drug-likeness (QED) is 0.351. The Labute approximate surface area is 84.0 Å². The third-order valence-electron chi connectivity index (χ3n) is 1.39. The van der Waals surface area contributed by atoms with Crippen molar-refractivity contribution in [3.05, 3.63) is 23.0 Å². The van der Waals surface area contributed by atoms with Gasteiger partial charge in [-0.05, 0) is 0 Å². The Balaban J connectivity index is 2.94. The minimum Gasteiger partial charge on any atom is -0.410 e. The van der Waals surface area contributed by atoms with Crippen LogP contribution in [-0.4, -0.2) is 27.4 Å². The zero-order valence-electron chi connectivity index (χ0n) is 7.12. The van der Waals surface area contributed by atoms with Crippen LogP contribution in [0.5, 0.6) is 0 Å². The van der Waals surface area contributed by atoms with Crippen molar-refractivity contribution >= 4 is 22.6 Å². The highest BCUT2D eigenvalue weighted by molar-refractivity contribution is 6.69. The van der Waals surface area contributed by atoms with Crippen LogP contribution in [-0.2, 0) is 0 Å². The average Bonchev–Trinajstić information content (AvgIpc) is 2.27. The highest BCUT2D eigenvalue weighted by Gasteiger charge is 2.05. The number of hydrogen-bond acceptors (Lipinski definition) is 6. The maximum Gasteiger partial charge on any atom is 0.195 e. The molecule has 74 valence electrons. The van der Waals surface area contributed by atoms with Gasteiger partial charge in [-0.2, -0.15) is 0 Å². The molecule has 7 nitrogen and oxygen atoms in total. The van der Waals surface area contributed by atoms with Crippen LogP contribution in [0.2, 0.25) is 0 Å². The van der Waals surface area contributed by atoms with Gasteiger partial charge < -0.3 is 5.21 Å². The molecule has 0 aliphatic carbocycles. The van der Waals surface area contributed by atoms with E-state index in [1.165, 1.54) is 19.4 Å². The van der Waals surface area contributed by atoms with Gasteiger partial charge in [0.1, 0.15) is 5.69 Å². The second-order valence-electron chi connectivity index (χ2n) is 2.26. The van der Waals surface area contributed by atoms with Gasteiger partial charge in [0, 0.05) is 7.05 Å². The Morgan fingerprint density at radius 2 is 2.29 bits per heavy atom. The molecule has 1 aromatic heterocycles. The first-order chi connectivity index (χ1) is 6.69. The predicted octanol–water partition coefficient (Wildman–Crippen LogP) is 0.969. The lowest BCUT2D eigenvalue weighted by molar-refractivity contribution is 0.320. The lowest BCUT2D eigenvalue weighted by atomic mass is 10.5. The molecule has 0 radical (unpaired) electrons. The summed E-state index contributed by atoms with van der Waals surface area (Å²) < 4.78 is 0. The summed E-state index contributed by atoms with van der Waals surface area (Å²) in [6.07, 6.45) is 2.54. The fourth-order valence-corrected chi connectivity index (χ4v) is 0.786. The molecule has 0 aliphatic heterocycles. The van der Waals surface area contributed by atoms with E-state index in [4.69, 9.17) is 16.8 Å². The van der Waals surface area contributed by atoms with Crippen molar-refractivity contribution in [2.45, 2.75) is 0 Å². The van der Waals surface area contributed by atoms with Crippen molar-refractivity contribution < 1.29 is 5.21 Å². The van der Waals surface area contributed by atoms with Gasteiger partial charge in [0.2, 0.25) is 0 Å². The molecule has 14 heavy (non-hydrogen) atoms. The molecule has 1 rings (SSSR count). The Morgan fingerprint density at radius 3 is 2.71 bits per heavy atom. The first kappa shape index (κ1) is 10.3. The molecular formula is C6H6ClN5O2. The summed E-state index contributed by atoms with van der Waals surface area (Å²) in [6, 6.07) is 0. The number of nitrogens with zero attached hydrogens (tertiary/aromatic N) is 5. The maximum absolute atomic E-state index is 10.1. The summed E-state index contributed by atoms with van der Waals surface area (Å²) in [7, 11) is 1.43. The number of nitroso groups, excluding NO2 is 1. The van der Waals surface area contributed by atoms with Gasteiger partial charge in [0.05, 0.1) is 17.7 Å². The molecule has 1 N–H and O–H groups in total. The topological polar surface area (TPSA) is 91.0 Å². The Kier molecular flexibility index (Phi) is 3.29. The molecule has 0 saturated carbocycles. The van der Waals surface area contributed by atoms with Crippen molar-refractivity contribution in [1.29, 1.82) is 0 Å². The van der Waals surface area contributed by atoms with E-state index in [1.807, 2.05) is 0 Å². The zero-order valence-corrected chi connectivity index (χ0v) is 7.88. The first-order valence-corrected chi connectivity index (χ1v) is 3.83. The maximum atomic E-state index is 10.1. The average molecular weight is 216 g/mol. The second-order valence-corrected chi connectivity index (χ2v) is 2.61. The summed E-state index contributed by atoms with van der Waals surface area (Å²) in [5.74, 6) is 0.270. The van der Waals surface area contributed by atoms with E-state index in [-0.39, 0.29) is 16.7 Å². The van der Waals surface area contributed by atoms with E-state index in [1.54, 1.807) is 0 Å². The predicted molar refractivity (Wildman–Crippen MR) is 50.4 cm³/mol. The number of hydrogen-bond donors (Lipinski definition) is 1. The Bertz CT molecular complexity index is 352. The first-order valence-electron chi connectivity index (χ1n) is 3.46. The van der Waals surface area contributed by atoms with Crippen LogP contribution >= 0.6 is 11.6 Å². The zero-order chi connectivity index (χ0) is 10.6. The highest BCUT2D eigenvalue weighted by atomic mass is 35.5. The summed E-state index contributed by atoms with van der Waals surface area (Å²) in [5.41, 5.74) is 0.206. The molecule has 0 spiro atoms. The van der Waals surface area contributed by atoms with Crippen LogP contribution in [0.1, 0.15) is 5.69 Å². The number of anilines is 1. The van der Waals surface area contributed by atoms with E-state index in [0.29, 0.717) is 0 Å². The van der Waals surface area contributed by atoms with E-state index in [9.17, 15) is 4.91 Å². The van der Waals surface area contributed by atoms with Crippen molar-refractivity contribution in [3.8, 4) is 0 Å². The van der Waals surface area contributed by atoms with Gasteiger partial charge in [0.15, 0.2) is 11.0 Å². The molecule has 0 saturated heterocycles. The smallest absolute Gasteiger partial charge is 0.195 e. The van der Waals surface area contributed by atoms with Gasteiger partial charge in [-0.1, -0.05) is 16.8 Å². The molecule has 0 bridgehead atoms. The lowest BCUT2D eigenvalue weighted by Gasteiger charge is -2.05. The molecule has 0 aromatic carbocycles. The summed E-state index contributed by atoms with van der Waals surface area (Å²) >= 11 is 5.46. The molecule has 0 aliphatic rings. The van der Waals surface area contributed by atoms with Crippen LogP contribution < -0.4 is 5.01 Å². The molecule has 0 atom stereocenters. The number of halogens is 1. The minimum atomic E-state index is -0.175. The molecule has 1 aromatic rings. The van der Waals surface area contributed by atoms with Crippen molar-refractivity contribution in [2.75, 3.05) is 12.1 Å². The Hall–Kier alpha value is -1.76. The van der Waals surface area contributed by atoms with Crippen LogP contribution in [0, 0.1) is 4.91 Å². The number of rotatable bonds is 3. The summed E-state index contributed by atoms with van der Waals surface area (Å²) in [6.45, 7) is 0. The minimum absolute atomic E-state index is 0.175. The molecule has 8 heteroatoms. The normalized spacial score (nSPS) is 11.1. The molecular weight excluding hydrogens is 210 g/mol. The van der Waals surface area contributed by atoms with Gasteiger partial charge in [-0.25, -0.2) is 15.0 Å². The van der Waals surface area contributed by atoms with Crippen molar-refractivity contribution in [1.82, 2.24) is 9.97 Å².